The highest BCUT2D eigenvalue weighted by Crippen LogP contribution is 2.37. The van der Waals surface area contributed by atoms with Crippen LogP contribution in [-0.2, 0) is 5.54 Å². The molecule has 4 heteroatoms. The van der Waals surface area contributed by atoms with Crippen molar-refractivity contribution in [3.63, 3.8) is 0 Å². The fourth-order valence-corrected chi connectivity index (χ4v) is 2.29. The molecule has 4 nitrogen and oxygen atoms in total. The second-order valence-corrected chi connectivity index (χ2v) is 4.78. The molecule has 0 bridgehead atoms. The van der Waals surface area contributed by atoms with Gasteiger partial charge in [0.05, 0.1) is 42.2 Å². The molecular weight excluding hydrogens is 214 g/mol. The van der Waals surface area contributed by atoms with Gasteiger partial charge in [0.1, 0.15) is 5.75 Å². The summed E-state index contributed by atoms with van der Waals surface area (Å²) in [5.74, 6) is 0.852. The molecule has 1 aliphatic rings. The van der Waals surface area contributed by atoms with Gasteiger partial charge in [-0.1, -0.05) is 0 Å². The number of nitrogens with zero attached hydrogens (tertiary/aromatic N) is 2. The predicted octanol–water partition coefficient (Wildman–Crippen LogP) is 2.54. The lowest BCUT2D eigenvalue weighted by molar-refractivity contribution is 0.414. The van der Waals surface area contributed by atoms with Crippen molar-refractivity contribution in [3.05, 3.63) is 36.4 Å². The van der Waals surface area contributed by atoms with Crippen LogP contribution in [0.1, 0.15) is 19.5 Å². The third kappa shape index (κ3) is 1.40. The summed E-state index contributed by atoms with van der Waals surface area (Å²) in [5, 5.41) is 3.51. The second-order valence-electron chi connectivity index (χ2n) is 4.78. The van der Waals surface area contributed by atoms with E-state index in [2.05, 4.69) is 28.7 Å². The smallest absolute Gasteiger partial charge is 0.121 e. The van der Waals surface area contributed by atoms with Crippen molar-refractivity contribution in [3.8, 4) is 11.4 Å². The lowest BCUT2D eigenvalue weighted by Crippen LogP contribution is -2.34. The second kappa shape index (κ2) is 3.26. The molecule has 0 saturated heterocycles. The number of fused-ring (bicyclic) bond motifs is 3. The average molecular weight is 229 g/mol. The summed E-state index contributed by atoms with van der Waals surface area (Å²) in [6, 6.07) is 6.02. The molecule has 88 valence electrons. The summed E-state index contributed by atoms with van der Waals surface area (Å²) in [5.41, 5.74) is 3.22. The van der Waals surface area contributed by atoms with Gasteiger partial charge in [-0.2, -0.15) is 0 Å². The number of ether oxygens (including phenoxy) is 1. The first-order chi connectivity index (χ1) is 8.12. The molecule has 2 aromatic rings. The van der Waals surface area contributed by atoms with E-state index in [-0.39, 0.29) is 5.54 Å². The third-order valence-corrected chi connectivity index (χ3v) is 3.19. The third-order valence-electron chi connectivity index (χ3n) is 3.19. The maximum atomic E-state index is 5.26. The molecule has 0 amide bonds. The number of aromatic nitrogens is 2. The molecule has 2 heterocycles. The number of hydrogen-bond acceptors (Lipinski definition) is 3. The Morgan fingerprint density at radius 3 is 2.94 bits per heavy atom. The van der Waals surface area contributed by atoms with Crippen LogP contribution >= 0.6 is 0 Å². The Bertz CT molecular complexity index is 572. The van der Waals surface area contributed by atoms with Crippen molar-refractivity contribution < 1.29 is 4.74 Å². The summed E-state index contributed by atoms with van der Waals surface area (Å²) in [4.78, 5) is 4.24. The van der Waals surface area contributed by atoms with Gasteiger partial charge in [0.15, 0.2) is 0 Å². The van der Waals surface area contributed by atoms with E-state index in [0.29, 0.717) is 0 Å². The SMILES string of the molecule is COc1ccc2c(c1)-n1cncc1C(C)(C)N2. The Hall–Kier alpha value is -1.97. The largest absolute Gasteiger partial charge is 0.497 e. The number of imidazole rings is 1. The van der Waals surface area contributed by atoms with Crippen LogP contribution in [0.3, 0.4) is 0 Å². The van der Waals surface area contributed by atoms with Gasteiger partial charge in [-0.3, -0.25) is 4.57 Å². The van der Waals surface area contributed by atoms with Crippen molar-refractivity contribution in [1.82, 2.24) is 9.55 Å². The number of nitrogens with one attached hydrogen (secondary N) is 1. The van der Waals surface area contributed by atoms with Gasteiger partial charge in [-0.05, 0) is 26.0 Å². The van der Waals surface area contributed by atoms with Crippen molar-refractivity contribution in [1.29, 1.82) is 0 Å². The van der Waals surface area contributed by atoms with Gasteiger partial charge in [0, 0.05) is 6.07 Å². The molecule has 0 radical (unpaired) electrons. The van der Waals surface area contributed by atoms with E-state index in [4.69, 9.17) is 4.74 Å². The van der Waals surface area contributed by atoms with E-state index < -0.39 is 0 Å². The summed E-state index contributed by atoms with van der Waals surface area (Å²) in [6.07, 6.45) is 3.74. The number of benzene rings is 1. The molecule has 1 aliphatic heterocycles. The van der Waals surface area contributed by atoms with Crippen LogP contribution in [0.5, 0.6) is 5.75 Å². The van der Waals surface area contributed by atoms with Crippen LogP contribution in [0.15, 0.2) is 30.7 Å². The van der Waals surface area contributed by atoms with Gasteiger partial charge < -0.3 is 10.1 Å². The molecule has 1 aromatic carbocycles. The normalized spacial score (nSPS) is 15.7. The molecule has 0 atom stereocenters. The van der Waals surface area contributed by atoms with Crippen LogP contribution in [-0.4, -0.2) is 16.7 Å². The summed E-state index contributed by atoms with van der Waals surface area (Å²) >= 11 is 0. The predicted molar refractivity (Wildman–Crippen MR) is 66.8 cm³/mol. The fraction of sp³-hybridized carbons (Fsp3) is 0.308. The number of methoxy groups -OCH3 is 1. The molecule has 3 rings (SSSR count). The average Bonchev–Trinajstić information content (AvgIpc) is 2.78. The molecule has 0 saturated carbocycles. The minimum absolute atomic E-state index is 0.113. The van der Waals surface area contributed by atoms with Crippen LogP contribution in [0.2, 0.25) is 0 Å². The van der Waals surface area contributed by atoms with E-state index in [1.54, 1.807) is 7.11 Å². The molecular formula is C13H15N3O. The molecule has 1 aromatic heterocycles. The van der Waals surface area contributed by atoms with E-state index in [9.17, 15) is 0 Å². The summed E-state index contributed by atoms with van der Waals surface area (Å²) < 4.78 is 7.37. The fourth-order valence-electron chi connectivity index (χ4n) is 2.29. The molecule has 0 fully saturated rings. The van der Waals surface area contributed by atoms with Crippen LogP contribution in [0, 0.1) is 0 Å². The van der Waals surface area contributed by atoms with Crippen molar-refractivity contribution >= 4 is 5.69 Å². The molecule has 17 heavy (non-hydrogen) atoms. The van der Waals surface area contributed by atoms with E-state index >= 15 is 0 Å². The maximum absolute atomic E-state index is 5.26. The van der Waals surface area contributed by atoms with Gasteiger partial charge in [0.2, 0.25) is 0 Å². The highest BCUT2D eigenvalue weighted by Gasteiger charge is 2.30. The Kier molecular flexibility index (Phi) is 1.96. The van der Waals surface area contributed by atoms with Gasteiger partial charge in [-0.25, -0.2) is 4.98 Å². The molecule has 0 spiro atoms. The molecule has 0 unspecified atom stereocenters. The van der Waals surface area contributed by atoms with E-state index in [0.717, 1.165) is 22.8 Å². The minimum Gasteiger partial charge on any atom is -0.497 e. The zero-order chi connectivity index (χ0) is 12.0. The van der Waals surface area contributed by atoms with Crippen molar-refractivity contribution in [2.75, 3.05) is 12.4 Å². The minimum atomic E-state index is -0.113. The number of hydrogen-bond donors (Lipinski definition) is 1. The van der Waals surface area contributed by atoms with Crippen LogP contribution < -0.4 is 10.1 Å². The zero-order valence-electron chi connectivity index (χ0n) is 10.2. The lowest BCUT2D eigenvalue weighted by Gasteiger charge is -2.34. The Morgan fingerprint density at radius 1 is 1.35 bits per heavy atom. The standard InChI is InChI=1S/C13H15N3O/c1-13(2)12-7-14-8-16(12)11-6-9(17-3)4-5-10(11)15-13/h4-8,15H,1-3H3. The van der Waals surface area contributed by atoms with Crippen molar-refractivity contribution in [2.45, 2.75) is 19.4 Å². The van der Waals surface area contributed by atoms with Crippen LogP contribution in [0.4, 0.5) is 5.69 Å². The summed E-state index contributed by atoms with van der Waals surface area (Å²) in [6.45, 7) is 4.29. The van der Waals surface area contributed by atoms with Gasteiger partial charge >= 0.3 is 0 Å². The molecule has 1 N–H and O–H groups in total. The quantitative estimate of drug-likeness (QED) is 0.816. The van der Waals surface area contributed by atoms with Gasteiger partial charge in [-0.15, -0.1) is 0 Å². The van der Waals surface area contributed by atoms with Crippen molar-refractivity contribution in [2.24, 2.45) is 0 Å². The molecule has 0 aliphatic carbocycles. The maximum Gasteiger partial charge on any atom is 0.121 e. The Balaban J connectivity index is 2.24. The first-order valence-electron chi connectivity index (χ1n) is 5.61. The lowest BCUT2D eigenvalue weighted by atomic mass is 9.97. The monoisotopic (exact) mass is 229 g/mol. The Morgan fingerprint density at radius 2 is 2.18 bits per heavy atom. The highest BCUT2D eigenvalue weighted by molar-refractivity contribution is 5.68. The zero-order valence-corrected chi connectivity index (χ0v) is 10.2. The van der Waals surface area contributed by atoms with E-state index in [1.165, 1.54) is 0 Å². The highest BCUT2D eigenvalue weighted by atomic mass is 16.5. The summed E-state index contributed by atoms with van der Waals surface area (Å²) in [7, 11) is 1.68. The topological polar surface area (TPSA) is 39.1 Å². The number of anilines is 1. The first-order valence-corrected chi connectivity index (χ1v) is 5.61. The van der Waals surface area contributed by atoms with Crippen LogP contribution in [0.25, 0.3) is 5.69 Å². The Labute approximate surface area is 100 Å². The number of rotatable bonds is 1. The first kappa shape index (κ1) is 10.2. The van der Waals surface area contributed by atoms with Gasteiger partial charge in [0.25, 0.3) is 0 Å². The van der Waals surface area contributed by atoms with E-state index in [1.807, 2.05) is 30.7 Å².